The monoisotopic (exact) mass is 249 g/mol. The number of hydrogen-bond acceptors (Lipinski definition) is 3. The molecule has 1 aliphatic rings. The van der Waals surface area contributed by atoms with Crippen LogP contribution < -0.4 is 0 Å². The normalized spacial score (nSPS) is 24.1. The van der Waals surface area contributed by atoms with Gasteiger partial charge in [-0.3, -0.25) is 9.10 Å². The van der Waals surface area contributed by atoms with Crippen LogP contribution in [0.25, 0.3) is 6.08 Å². The molecular weight excluding hydrogens is 234 g/mol. The van der Waals surface area contributed by atoms with Gasteiger partial charge >= 0.3 is 0 Å². The minimum Gasteiger partial charge on any atom is -0.369 e. The molecule has 0 radical (unpaired) electrons. The van der Waals surface area contributed by atoms with Gasteiger partial charge in [0.05, 0.1) is 6.04 Å². The minimum atomic E-state index is -0.331. The highest BCUT2D eigenvalue weighted by Crippen LogP contribution is 2.30. The van der Waals surface area contributed by atoms with E-state index in [9.17, 15) is 4.79 Å². The van der Waals surface area contributed by atoms with Crippen LogP contribution in [-0.4, -0.2) is 35.7 Å². The molecule has 2 atom stereocenters. The van der Waals surface area contributed by atoms with E-state index < -0.39 is 0 Å². The van der Waals surface area contributed by atoms with Gasteiger partial charge in [0.25, 0.3) is 5.91 Å². The van der Waals surface area contributed by atoms with Crippen LogP contribution in [0.2, 0.25) is 0 Å². The fraction of sp³-hybridized carbons (Fsp3) is 0.308. The van der Waals surface area contributed by atoms with Gasteiger partial charge in [-0.25, -0.2) is 0 Å². The molecule has 2 rings (SSSR count). The molecule has 1 aromatic carbocycles. The van der Waals surface area contributed by atoms with Gasteiger partial charge in [0.2, 0.25) is 0 Å². The molecule has 0 N–H and O–H groups in total. The highest BCUT2D eigenvalue weighted by atomic mass is 32.2. The van der Waals surface area contributed by atoms with Crippen LogP contribution in [0, 0.1) is 0 Å². The Morgan fingerprint density at radius 2 is 2.06 bits per heavy atom. The molecule has 0 spiro atoms. The van der Waals surface area contributed by atoms with Crippen LogP contribution in [0.5, 0.6) is 0 Å². The zero-order valence-electron chi connectivity index (χ0n) is 9.87. The lowest BCUT2D eigenvalue weighted by molar-refractivity contribution is -0.154. The van der Waals surface area contributed by atoms with Crippen molar-refractivity contribution in [1.82, 2.24) is 4.31 Å². The summed E-state index contributed by atoms with van der Waals surface area (Å²) in [5.41, 5.74) is 1.13. The molecule has 4 heteroatoms. The second-order valence-electron chi connectivity index (χ2n) is 3.76. The third-order valence-electron chi connectivity index (χ3n) is 2.78. The number of β-lactam (4-membered cyclic amide) rings is 1. The summed E-state index contributed by atoms with van der Waals surface area (Å²) in [6, 6.07) is 10.1. The molecule has 0 bridgehead atoms. The lowest BCUT2D eigenvalue weighted by Gasteiger charge is -2.42. The number of carbonyl (C=O) groups is 1. The first-order chi connectivity index (χ1) is 8.27. The first-order valence-corrected chi connectivity index (χ1v) is 6.59. The van der Waals surface area contributed by atoms with Crippen molar-refractivity contribution in [2.75, 3.05) is 13.4 Å². The molecule has 1 fully saturated rings. The third-order valence-corrected chi connectivity index (χ3v) is 3.59. The Balaban J connectivity index is 2.07. The number of carbonyl (C=O) groups excluding carboxylic acids is 1. The zero-order valence-corrected chi connectivity index (χ0v) is 10.7. The van der Waals surface area contributed by atoms with Crippen LogP contribution in [-0.2, 0) is 9.53 Å². The van der Waals surface area contributed by atoms with Crippen molar-refractivity contribution in [1.29, 1.82) is 0 Å². The van der Waals surface area contributed by atoms with Gasteiger partial charge in [0.15, 0.2) is 6.10 Å². The Hall–Kier alpha value is -1.26. The molecule has 0 aliphatic carbocycles. The summed E-state index contributed by atoms with van der Waals surface area (Å²) in [5, 5.41) is 0. The first kappa shape index (κ1) is 12.2. The molecule has 1 saturated heterocycles. The molecule has 0 saturated carbocycles. The maximum atomic E-state index is 11.6. The Morgan fingerprint density at radius 1 is 1.35 bits per heavy atom. The zero-order chi connectivity index (χ0) is 12.3. The van der Waals surface area contributed by atoms with Gasteiger partial charge in [0.1, 0.15) is 0 Å². The first-order valence-electron chi connectivity index (χ1n) is 5.41. The molecule has 2 unspecified atom stereocenters. The lowest BCUT2D eigenvalue weighted by atomic mass is 10.0. The van der Waals surface area contributed by atoms with Crippen molar-refractivity contribution < 1.29 is 9.53 Å². The average Bonchev–Trinajstić information content (AvgIpc) is 2.36. The molecule has 90 valence electrons. The summed E-state index contributed by atoms with van der Waals surface area (Å²) in [5.74, 6) is 0.0442. The van der Waals surface area contributed by atoms with Gasteiger partial charge < -0.3 is 4.74 Å². The Kier molecular flexibility index (Phi) is 3.86. The SMILES string of the molecule is COC1C(=O)N(SC)C1C=Cc1ccccc1. The fourth-order valence-corrected chi connectivity index (χ4v) is 2.57. The van der Waals surface area contributed by atoms with Crippen LogP contribution in [0.1, 0.15) is 5.56 Å². The van der Waals surface area contributed by atoms with E-state index in [1.54, 1.807) is 11.4 Å². The second kappa shape index (κ2) is 5.38. The summed E-state index contributed by atoms with van der Waals surface area (Å²) in [6.07, 6.45) is 5.60. The summed E-state index contributed by atoms with van der Waals surface area (Å²) in [6.45, 7) is 0. The predicted molar refractivity (Wildman–Crippen MR) is 70.4 cm³/mol. The second-order valence-corrected chi connectivity index (χ2v) is 4.52. The maximum absolute atomic E-state index is 11.6. The molecule has 17 heavy (non-hydrogen) atoms. The number of hydrogen-bond donors (Lipinski definition) is 0. The van der Waals surface area contributed by atoms with Crippen LogP contribution in [0.15, 0.2) is 36.4 Å². The smallest absolute Gasteiger partial charge is 0.264 e. The van der Waals surface area contributed by atoms with Crippen LogP contribution in [0.4, 0.5) is 0 Å². The Bertz CT molecular complexity index is 405. The van der Waals surface area contributed by atoms with E-state index in [0.29, 0.717) is 0 Å². The molecular formula is C13H15NO2S. The molecule has 1 heterocycles. The minimum absolute atomic E-state index is 0.0303. The number of ether oxygens (including phenoxy) is 1. The Labute approximate surface area is 106 Å². The van der Waals surface area contributed by atoms with Crippen molar-refractivity contribution in [2.45, 2.75) is 12.1 Å². The van der Waals surface area contributed by atoms with E-state index in [1.807, 2.05) is 48.7 Å². The number of benzene rings is 1. The maximum Gasteiger partial charge on any atom is 0.264 e. The van der Waals surface area contributed by atoms with E-state index in [2.05, 4.69) is 0 Å². The van der Waals surface area contributed by atoms with E-state index in [0.717, 1.165) is 5.56 Å². The van der Waals surface area contributed by atoms with Gasteiger partial charge in [-0.2, -0.15) is 0 Å². The molecule has 3 nitrogen and oxygen atoms in total. The third kappa shape index (κ3) is 2.37. The summed E-state index contributed by atoms with van der Waals surface area (Å²) in [4.78, 5) is 11.6. The van der Waals surface area contributed by atoms with E-state index in [1.165, 1.54) is 11.9 Å². The van der Waals surface area contributed by atoms with Crippen LogP contribution in [0.3, 0.4) is 0 Å². The number of rotatable bonds is 4. The highest BCUT2D eigenvalue weighted by molar-refractivity contribution is 7.96. The average molecular weight is 249 g/mol. The van der Waals surface area contributed by atoms with Crippen molar-refractivity contribution >= 4 is 23.9 Å². The fourth-order valence-electron chi connectivity index (χ4n) is 1.86. The van der Waals surface area contributed by atoms with Gasteiger partial charge in [-0.15, -0.1) is 0 Å². The van der Waals surface area contributed by atoms with Crippen molar-refractivity contribution in [3.05, 3.63) is 42.0 Å². The summed E-state index contributed by atoms with van der Waals surface area (Å²) in [7, 11) is 1.57. The molecule has 1 amide bonds. The standard InChI is InChI=1S/C13H15NO2S/c1-16-12-11(14(17-2)13(12)15)9-8-10-6-4-3-5-7-10/h3-9,11-12H,1-2H3. The molecule has 0 aromatic heterocycles. The van der Waals surface area contributed by atoms with E-state index in [4.69, 9.17) is 4.74 Å². The number of methoxy groups -OCH3 is 1. The highest BCUT2D eigenvalue weighted by Gasteiger charge is 2.46. The topological polar surface area (TPSA) is 29.5 Å². The number of nitrogens with zero attached hydrogens (tertiary/aromatic N) is 1. The summed E-state index contributed by atoms with van der Waals surface area (Å²) < 4.78 is 6.91. The van der Waals surface area contributed by atoms with Gasteiger partial charge in [-0.05, 0) is 5.56 Å². The Morgan fingerprint density at radius 3 is 2.65 bits per heavy atom. The van der Waals surface area contributed by atoms with Gasteiger partial charge in [-0.1, -0.05) is 54.4 Å². The summed E-state index contributed by atoms with van der Waals surface area (Å²) >= 11 is 1.43. The lowest BCUT2D eigenvalue weighted by Crippen LogP contribution is -2.61. The van der Waals surface area contributed by atoms with Crippen LogP contribution >= 0.6 is 11.9 Å². The van der Waals surface area contributed by atoms with E-state index >= 15 is 0 Å². The van der Waals surface area contributed by atoms with E-state index in [-0.39, 0.29) is 18.1 Å². The van der Waals surface area contributed by atoms with Gasteiger partial charge in [0, 0.05) is 13.4 Å². The van der Waals surface area contributed by atoms with Crippen molar-refractivity contribution in [2.24, 2.45) is 0 Å². The molecule has 1 aliphatic heterocycles. The molecule has 1 aromatic rings. The van der Waals surface area contributed by atoms with Crippen molar-refractivity contribution in [3.63, 3.8) is 0 Å². The number of amides is 1. The quantitative estimate of drug-likeness (QED) is 0.605. The predicted octanol–water partition coefficient (Wildman–Crippen LogP) is 2.20. The van der Waals surface area contributed by atoms with Crippen molar-refractivity contribution in [3.8, 4) is 0 Å². The largest absolute Gasteiger partial charge is 0.369 e.